The number of carbonyl (C=O) groups excluding carboxylic acids is 2. The Morgan fingerprint density at radius 2 is 2.04 bits per heavy atom. The van der Waals surface area contributed by atoms with Gasteiger partial charge in [0.1, 0.15) is 5.75 Å². The molecular formula is C22H25NO5. The first-order valence-electron chi connectivity index (χ1n) is 9.63. The summed E-state index contributed by atoms with van der Waals surface area (Å²) in [7, 11) is 0. The van der Waals surface area contributed by atoms with Crippen LogP contribution in [0.4, 0.5) is 0 Å². The molecule has 148 valence electrons. The van der Waals surface area contributed by atoms with E-state index in [1.807, 2.05) is 31.2 Å². The number of nitrogens with zero attached hydrogens (tertiary/aromatic N) is 1. The van der Waals surface area contributed by atoms with Crippen molar-refractivity contribution in [1.82, 2.24) is 4.90 Å². The second-order valence-corrected chi connectivity index (χ2v) is 6.68. The van der Waals surface area contributed by atoms with Gasteiger partial charge in [0.15, 0.2) is 11.5 Å². The summed E-state index contributed by atoms with van der Waals surface area (Å²) in [5, 5.41) is 10.6. The van der Waals surface area contributed by atoms with Crippen LogP contribution in [-0.4, -0.2) is 34.8 Å². The van der Waals surface area contributed by atoms with E-state index in [1.54, 1.807) is 11.0 Å². The topological polar surface area (TPSA) is 80.0 Å². The lowest BCUT2D eigenvalue weighted by atomic mass is 9.94. The molecule has 0 saturated heterocycles. The van der Waals surface area contributed by atoms with E-state index < -0.39 is 23.5 Å². The van der Waals surface area contributed by atoms with Crippen LogP contribution in [0.1, 0.15) is 55.3 Å². The molecule has 2 heterocycles. The fourth-order valence-electron chi connectivity index (χ4n) is 3.48. The van der Waals surface area contributed by atoms with Crippen molar-refractivity contribution in [1.29, 1.82) is 0 Å². The molecule has 0 fully saturated rings. The molecule has 3 rings (SSSR count). The quantitative estimate of drug-likeness (QED) is 0.511. The number of Topliss-reactive ketones (excluding diaryl/α,β-unsaturated/α-hetero) is 1. The molecule has 0 radical (unpaired) electrons. The van der Waals surface area contributed by atoms with Gasteiger partial charge in [-0.1, -0.05) is 31.9 Å². The van der Waals surface area contributed by atoms with E-state index in [-0.39, 0.29) is 11.3 Å². The van der Waals surface area contributed by atoms with Crippen LogP contribution in [0.2, 0.25) is 0 Å². The molecule has 6 nitrogen and oxygen atoms in total. The number of aliphatic hydroxyl groups is 1. The summed E-state index contributed by atoms with van der Waals surface area (Å²) >= 11 is 0. The third-order valence-electron chi connectivity index (χ3n) is 4.78. The van der Waals surface area contributed by atoms with Crippen LogP contribution in [0.15, 0.2) is 58.4 Å². The van der Waals surface area contributed by atoms with Gasteiger partial charge in [-0.3, -0.25) is 9.59 Å². The van der Waals surface area contributed by atoms with Crippen LogP contribution in [0.5, 0.6) is 5.75 Å². The highest BCUT2D eigenvalue weighted by Gasteiger charge is 2.44. The zero-order valence-electron chi connectivity index (χ0n) is 16.2. The maximum absolute atomic E-state index is 13.0. The summed E-state index contributed by atoms with van der Waals surface area (Å²) in [5.41, 5.74) is 0.764. The molecule has 0 bridgehead atoms. The minimum Gasteiger partial charge on any atom is -0.503 e. The van der Waals surface area contributed by atoms with E-state index in [9.17, 15) is 14.7 Å². The Morgan fingerprint density at radius 1 is 1.21 bits per heavy atom. The summed E-state index contributed by atoms with van der Waals surface area (Å²) < 4.78 is 10.8. The first-order valence-corrected chi connectivity index (χ1v) is 9.63. The molecule has 0 aliphatic carbocycles. The number of rotatable bonds is 9. The number of benzene rings is 1. The number of carbonyl (C=O) groups is 2. The zero-order valence-corrected chi connectivity index (χ0v) is 16.2. The van der Waals surface area contributed by atoms with Gasteiger partial charge in [-0.25, -0.2) is 0 Å². The second-order valence-electron chi connectivity index (χ2n) is 6.68. The van der Waals surface area contributed by atoms with Gasteiger partial charge in [0.25, 0.3) is 5.91 Å². The van der Waals surface area contributed by atoms with E-state index in [0.717, 1.165) is 24.8 Å². The van der Waals surface area contributed by atoms with Crippen molar-refractivity contribution in [2.24, 2.45) is 0 Å². The molecule has 1 N–H and O–H groups in total. The van der Waals surface area contributed by atoms with E-state index in [4.69, 9.17) is 9.15 Å². The molecule has 0 spiro atoms. The van der Waals surface area contributed by atoms with Crippen LogP contribution in [0, 0.1) is 0 Å². The molecule has 1 atom stereocenters. The van der Waals surface area contributed by atoms with E-state index >= 15 is 0 Å². The number of furan rings is 1. The van der Waals surface area contributed by atoms with Crippen LogP contribution >= 0.6 is 0 Å². The largest absolute Gasteiger partial charge is 0.503 e. The number of ether oxygens (including phenoxy) is 1. The lowest BCUT2D eigenvalue weighted by Crippen LogP contribution is -2.32. The average Bonchev–Trinajstić information content (AvgIpc) is 3.31. The van der Waals surface area contributed by atoms with Crippen molar-refractivity contribution in [3.63, 3.8) is 0 Å². The van der Waals surface area contributed by atoms with Crippen molar-refractivity contribution in [3.8, 4) is 5.75 Å². The van der Waals surface area contributed by atoms with Crippen molar-refractivity contribution in [2.45, 2.75) is 39.2 Å². The van der Waals surface area contributed by atoms with Crippen LogP contribution in [0.3, 0.4) is 0 Å². The Hall–Kier alpha value is -3.02. The second kappa shape index (κ2) is 8.78. The maximum Gasteiger partial charge on any atom is 0.290 e. The minimum absolute atomic E-state index is 0.0464. The lowest BCUT2D eigenvalue weighted by molar-refractivity contribution is -0.129. The molecule has 1 aliphatic rings. The smallest absolute Gasteiger partial charge is 0.290 e. The number of amides is 1. The number of unbranched alkanes of at least 4 members (excludes halogenated alkanes) is 2. The van der Waals surface area contributed by atoms with Crippen LogP contribution in [-0.2, 0) is 4.79 Å². The maximum atomic E-state index is 13.0. The van der Waals surface area contributed by atoms with E-state index in [1.165, 1.54) is 12.3 Å². The molecule has 28 heavy (non-hydrogen) atoms. The number of hydrogen-bond acceptors (Lipinski definition) is 5. The third-order valence-corrected chi connectivity index (χ3v) is 4.78. The Bertz CT molecular complexity index is 869. The predicted molar refractivity (Wildman–Crippen MR) is 104 cm³/mol. The van der Waals surface area contributed by atoms with E-state index in [2.05, 4.69) is 6.92 Å². The highest BCUT2D eigenvalue weighted by Crippen LogP contribution is 2.40. The van der Waals surface area contributed by atoms with Gasteiger partial charge in [0.05, 0.1) is 24.5 Å². The van der Waals surface area contributed by atoms with Gasteiger partial charge >= 0.3 is 0 Å². The van der Waals surface area contributed by atoms with Crippen molar-refractivity contribution < 1.29 is 23.8 Å². The molecular weight excluding hydrogens is 358 g/mol. The summed E-state index contributed by atoms with van der Waals surface area (Å²) in [4.78, 5) is 27.4. The van der Waals surface area contributed by atoms with Gasteiger partial charge < -0.3 is 19.2 Å². The molecule has 1 aromatic carbocycles. The number of aliphatic hydroxyl groups excluding tert-OH is 1. The first kappa shape index (κ1) is 19.7. The molecule has 0 saturated carbocycles. The lowest BCUT2D eigenvalue weighted by Gasteiger charge is -2.27. The van der Waals surface area contributed by atoms with Gasteiger partial charge in [0, 0.05) is 6.54 Å². The molecule has 1 unspecified atom stereocenters. The normalized spacial score (nSPS) is 16.7. The Balaban J connectivity index is 2.03. The minimum atomic E-state index is -0.678. The van der Waals surface area contributed by atoms with Gasteiger partial charge in [-0.15, -0.1) is 0 Å². The summed E-state index contributed by atoms with van der Waals surface area (Å²) in [6.45, 7) is 4.93. The molecule has 1 aromatic heterocycles. The van der Waals surface area contributed by atoms with Gasteiger partial charge in [-0.2, -0.15) is 0 Å². The molecule has 6 heteroatoms. The van der Waals surface area contributed by atoms with Gasteiger partial charge in [0.2, 0.25) is 5.78 Å². The van der Waals surface area contributed by atoms with Crippen LogP contribution in [0.25, 0.3) is 0 Å². The molecule has 1 aliphatic heterocycles. The standard InChI is InChI=1S/C22H25NO5/c1-3-5-6-12-23-19(15-9-7-10-16(14-15)27-4-2)18(21(25)22(23)26)20(24)17-11-8-13-28-17/h7-11,13-14,19,25H,3-6,12H2,1-2H3. The Labute approximate surface area is 164 Å². The monoisotopic (exact) mass is 383 g/mol. The SMILES string of the molecule is CCCCCN1C(=O)C(O)=C(C(=O)c2ccco2)C1c1cccc(OCC)c1. The Kier molecular flexibility index (Phi) is 6.19. The Morgan fingerprint density at radius 3 is 2.71 bits per heavy atom. The molecule has 2 aromatic rings. The third kappa shape index (κ3) is 3.81. The van der Waals surface area contributed by atoms with Crippen molar-refractivity contribution in [3.05, 3.63) is 65.3 Å². The highest BCUT2D eigenvalue weighted by atomic mass is 16.5. The van der Waals surface area contributed by atoms with Crippen molar-refractivity contribution >= 4 is 11.7 Å². The summed E-state index contributed by atoms with van der Waals surface area (Å²) in [6, 6.07) is 9.74. The predicted octanol–water partition coefficient (Wildman–Crippen LogP) is 4.45. The fourth-order valence-corrected chi connectivity index (χ4v) is 3.48. The zero-order chi connectivity index (χ0) is 20.1. The summed E-state index contributed by atoms with van der Waals surface area (Å²) in [6.07, 6.45) is 4.15. The highest BCUT2D eigenvalue weighted by molar-refractivity contribution is 6.15. The first-order chi connectivity index (χ1) is 13.6. The van der Waals surface area contributed by atoms with E-state index in [0.29, 0.717) is 18.9 Å². The number of ketones is 1. The van der Waals surface area contributed by atoms with Crippen molar-refractivity contribution in [2.75, 3.05) is 13.2 Å². The number of hydrogen-bond donors (Lipinski definition) is 1. The fraction of sp³-hybridized carbons (Fsp3) is 0.364. The van der Waals surface area contributed by atoms with Crippen LogP contribution < -0.4 is 4.74 Å². The average molecular weight is 383 g/mol. The molecule has 1 amide bonds. The summed E-state index contributed by atoms with van der Waals surface area (Å²) in [5.74, 6) is -0.781. The van der Waals surface area contributed by atoms with Gasteiger partial charge in [-0.05, 0) is 43.2 Å².